The van der Waals surface area contributed by atoms with Crippen molar-refractivity contribution in [1.82, 2.24) is 20.1 Å². The number of nitrogens with zero attached hydrogens (tertiary/aromatic N) is 3. The van der Waals surface area contributed by atoms with Gasteiger partial charge in [0.05, 0.1) is 6.04 Å². The highest BCUT2D eigenvalue weighted by Crippen LogP contribution is 2.35. The highest BCUT2D eigenvalue weighted by atomic mass is 16.2. The molecule has 3 rings (SSSR count). The van der Waals surface area contributed by atoms with Gasteiger partial charge in [0.2, 0.25) is 5.82 Å². The summed E-state index contributed by atoms with van der Waals surface area (Å²) in [6.45, 7) is 1.79. The van der Waals surface area contributed by atoms with Crippen LogP contribution in [-0.2, 0) is 6.42 Å². The third-order valence-corrected chi connectivity index (χ3v) is 3.68. The van der Waals surface area contributed by atoms with Gasteiger partial charge in [-0.2, -0.15) is 0 Å². The lowest BCUT2D eigenvalue weighted by Gasteiger charge is -2.24. The number of rotatable bonds is 2. The molecule has 2 aromatic rings. The summed E-state index contributed by atoms with van der Waals surface area (Å²) in [5, 5.41) is 6.64. The summed E-state index contributed by atoms with van der Waals surface area (Å²) in [4.78, 5) is 18.2. The van der Waals surface area contributed by atoms with E-state index in [2.05, 4.69) is 27.3 Å². The van der Waals surface area contributed by atoms with Crippen LogP contribution in [0.25, 0.3) is 0 Å². The molecule has 19 heavy (non-hydrogen) atoms. The van der Waals surface area contributed by atoms with Gasteiger partial charge in [0.25, 0.3) is 5.91 Å². The zero-order chi connectivity index (χ0) is 13.4. The van der Waals surface area contributed by atoms with Crippen molar-refractivity contribution < 1.29 is 4.79 Å². The summed E-state index contributed by atoms with van der Waals surface area (Å²) in [6, 6.07) is 8.42. The van der Waals surface area contributed by atoms with Crippen LogP contribution < -0.4 is 0 Å². The molecule has 1 unspecified atom stereocenters. The number of H-pyrrole nitrogens is 1. The van der Waals surface area contributed by atoms with Gasteiger partial charge in [0.15, 0.2) is 0 Å². The van der Waals surface area contributed by atoms with E-state index >= 15 is 0 Å². The van der Waals surface area contributed by atoms with E-state index in [4.69, 9.17) is 0 Å². The molecule has 1 heterocycles. The fraction of sp³-hybridized carbons (Fsp3) is 0.357. The molecule has 0 saturated heterocycles. The molecular formula is C14H16N4O. The summed E-state index contributed by atoms with van der Waals surface area (Å²) in [7, 11) is 1.82. The number of hydrogen-bond donors (Lipinski definition) is 1. The molecule has 5 nitrogen and oxygen atoms in total. The minimum Gasteiger partial charge on any atom is -0.332 e. The number of nitrogens with one attached hydrogen (secondary N) is 1. The smallest absolute Gasteiger partial charge is 0.293 e. The Balaban J connectivity index is 1.86. The summed E-state index contributed by atoms with van der Waals surface area (Å²) < 4.78 is 0. The van der Waals surface area contributed by atoms with Crippen molar-refractivity contribution in [2.45, 2.75) is 25.8 Å². The number of aryl methyl sites for hydroxylation is 2. The van der Waals surface area contributed by atoms with Crippen LogP contribution in [0.2, 0.25) is 0 Å². The van der Waals surface area contributed by atoms with E-state index in [0.29, 0.717) is 5.82 Å². The molecule has 0 fully saturated rings. The molecule has 1 N–H and O–H groups in total. The quantitative estimate of drug-likeness (QED) is 0.892. The Bertz CT molecular complexity index is 619. The topological polar surface area (TPSA) is 61.9 Å². The van der Waals surface area contributed by atoms with Gasteiger partial charge in [0, 0.05) is 7.05 Å². The average Bonchev–Trinajstić information content (AvgIpc) is 3.03. The van der Waals surface area contributed by atoms with Gasteiger partial charge in [-0.05, 0) is 30.9 Å². The van der Waals surface area contributed by atoms with Gasteiger partial charge in [0.1, 0.15) is 5.82 Å². The molecule has 1 aromatic heterocycles. The number of aromatic amines is 1. The fourth-order valence-electron chi connectivity index (χ4n) is 2.67. The monoisotopic (exact) mass is 256 g/mol. The second-order valence-corrected chi connectivity index (χ2v) is 4.91. The van der Waals surface area contributed by atoms with Crippen LogP contribution in [-0.4, -0.2) is 33.0 Å². The first-order chi connectivity index (χ1) is 9.16. The molecule has 0 bridgehead atoms. The van der Waals surface area contributed by atoms with Gasteiger partial charge in [-0.15, -0.1) is 5.10 Å². The van der Waals surface area contributed by atoms with Crippen molar-refractivity contribution in [3.8, 4) is 0 Å². The average molecular weight is 256 g/mol. The minimum atomic E-state index is -0.133. The maximum atomic E-state index is 12.3. The molecule has 1 amide bonds. The normalized spacial score (nSPS) is 17.3. The maximum Gasteiger partial charge on any atom is 0.293 e. The predicted octanol–water partition coefficient (Wildman–Crippen LogP) is 1.87. The Labute approximate surface area is 111 Å². The number of benzene rings is 1. The van der Waals surface area contributed by atoms with E-state index in [1.807, 2.05) is 19.2 Å². The summed E-state index contributed by atoms with van der Waals surface area (Å²) in [6.07, 6.45) is 1.98. The van der Waals surface area contributed by atoms with E-state index in [9.17, 15) is 4.79 Å². The Kier molecular flexibility index (Phi) is 2.81. The first kappa shape index (κ1) is 11.9. The summed E-state index contributed by atoms with van der Waals surface area (Å²) in [5.41, 5.74) is 2.57. The van der Waals surface area contributed by atoms with Crippen molar-refractivity contribution >= 4 is 5.91 Å². The largest absolute Gasteiger partial charge is 0.332 e. The van der Waals surface area contributed by atoms with Crippen molar-refractivity contribution in [1.29, 1.82) is 0 Å². The molecule has 1 atom stereocenters. The molecule has 1 aliphatic rings. The second-order valence-electron chi connectivity index (χ2n) is 4.91. The Morgan fingerprint density at radius 1 is 1.42 bits per heavy atom. The predicted molar refractivity (Wildman–Crippen MR) is 70.7 cm³/mol. The highest BCUT2D eigenvalue weighted by molar-refractivity contribution is 5.90. The Morgan fingerprint density at radius 2 is 2.21 bits per heavy atom. The van der Waals surface area contributed by atoms with Gasteiger partial charge >= 0.3 is 0 Å². The van der Waals surface area contributed by atoms with Gasteiger partial charge in [-0.1, -0.05) is 24.3 Å². The van der Waals surface area contributed by atoms with Gasteiger partial charge in [-0.25, -0.2) is 4.98 Å². The van der Waals surface area contributed by atoms with Crippen molar-refractivity contribution in [3.05, 3.63) is 47.0 Å². The third-order valence-electron chi connectivity index (χ3n) is 3.68. The van der Waals surface area contributed by atoms with E-state index in [1.165, 1.54) is 11.1 Å². The molecule has 0 aliphatic heterocycles. The minimum absolute atomic E-state index is 0.127. The first-order valence-corrected chi connectivity index (χ1v) is 6.41. The Hall–Kier alpha value is -2.17. The van der Waals surface area contributed by atoms with E-state index < -0.39 is 0 Å². The van der Waals surface area contributed by atoms with Crippen molar-refractivity contribution in [2.75, 3.05) is 7.05 Å². The second kappa shape index (κ2) is 4.50. The number of hydrogen-bond acceptors (Lipinski definition) is 3. The van der Waals surface area contributed by atoms with E-state index in [1.54, 1.807) is 11.8 Å². The van der Waals surface area contributed by atoms with Gasteiger partial charge < -0.3 is 4.90 Å². The lowest BCUT2D eigenvalue weighted by molar-refractivity contribution is 0.0718. The van der Waals surface area contributed by atoms with Crippen LogP contribution in [0.3, 0.4) is 0 Å². The molecule has 1 aromatic carbocycles. The van der Waals surface area contributed by atoms with Crippen molar-refractivity contribution in [2.24, 2.45) is 0 Å². The van der Waals surface area contributed by atoms with Gasteiger partial charge in [-0.3, -0.25) is 9.89 Å². The maximum absolute atomic E-state index is 12.3. The summed E-state index contributed by atoms with van der Waals surface area (Å²) >= 11 is 0. The molecule has 0 saturated carbocycles. The van der Waals surface area contributed by atoms with Crippen LogP contribution in [0.5, 0.6) is 0 Å². The number of fused-ring (bicyclic) bond motifs is 1. The highest BCUT2D eigenvalue weighted by Gasteiger charge is 2.30. The standard InChI is InChI=1S/C14H16N4O/c1-9-15-13(17-16-9)14(19)18(2)12-8-7-10-5-3-4-6-11(10)12/h3-6,12H,7-8H2,1-2H3,(H,15,16,17). The van der Waals surface area contributed by atoms with Crippen molar-refractivity contribution in [3.63, 3.8) is 0 Å². The van der Waals surface area contributed by atoms with Crippen LogP contribution >= 0.6 is 0 Å². The lowest BCUT2D eigenvalue weighted by Crippen LogP contribution is -2.31. The lowest BCUT2D eigenvalue weighted by atomic mass is 10.1. The summed E-state index contributed by atoms with van der Waals surface area (Å²) in [5.74, 6) is 0.763. The SMILES string of the molecule is Cc1nc(C(=O)N(C)C2CCc3ccccc32)n[nH]1. The van der Waals surface area contributed by atoms with Crippen LogP contribution in [0.15, 0.2) is 24.3 Å². The Morgan fingerprint density at radius 3 is 2.95 bits per heavy atom. The first-order valence-electron chi connectivity index (χ1n) is 6.41. The zero-order valence-electron chi connectivity index (χ0n) is 11.1. The molecule has 98 valence electrons. The van der Waals surface area contributed by atoms with Crippen LogP contribution in [0.4, 0.5) is 0 Å². The number of carbonyl (C=O) groups is 1. The molecule has 0 radical (unpaired) electrons. The third kappa shape index (κ3) is 2.01. The molecule has 1 aliphatic carbocycles. The molecule has 5 heteroatoms. The number of carbonyl (C=O) groups excluding carboxylic acids is 1. The fourth-order valence-corrected chi connectivity index (χ4v) is 2.67. The van der Waals surface area contributed by atoms with Crippen LogP contribution in [0.1, 0.15) is 40.0 Å². The zero-order valence-corrected chi connectivity index (χ0v) is 11.1. The van der Waals surface area contributed by atoms with E-state index in [-0.39, 0.29) is 17.8 Å². The number of amides is 1. The molecular weight excluding hydrogens is 240 g/mol. The molecule has 0 spiro atoms. The van der Waals surface area contributed by atoms with Crippen LogP contribution in [0, 0.1) is 6.92 Å². The van der Waals surface area contributed by atoms with E-state index in [0.717, 1.165) is 12.8 Å². The number of aromatic nitrogens is 3.